The van der Waals surface area contributed by atoms with Crippen molar-refractivity contribution in [2.24, 2.45) is 5.92 Å². The molecule has 16 heavy (non-hydrogen) atoms. The minimum absolute atomic E-state index is 0. The molecule has 0 aliphatic carbocycles. The number of unbranched alkanes of at least 4 members (excludes halogenated alkanes) is 1. The standard InChI is InChI=1S/C12H24N2O.ClH/c1-3-5-9-14(4-2)12(15)11-7-6-8-13-10-11;/h11,13H,3-10H2,1-2H3;1H. The molecular formula is C12H25ClN2O. The van der Waals surface area contributed by atoms with Crippen LogP contribution in [0.3, 0.4) is 0 Å². The van der Waals surface area contributed by atoms with E-state index in [2.05, 4.69) is 19.2 Å². The quantitative estimate of drug-likeness (QED) is 0.808. The summed E-state index contributed by atoms with van der Waals surface area (Å²) in [7, 11) is 0. The number of amides is 1. The molecule has 1 saturated heterocycles. The maximum absolute atomic E-state index is 12.1. The van der Waals surface area contributed by atoms with E-state index in [4.69, 9.17) is 0 Å². The summed E-state index contributed by atoms with van der Waals surface area (Å²) >= 11 is 0. The van der Waals surface area contributed by atoms with Crippen molar-refractivity contribution in [3.63, 3.8) is 0 Å². The van der Waals surface area contributed by atoms with E-state index in [0.717, 1.165) is 51.9 Å². The summed E-state index contributed by atoms with van der Waals surface area (Å²) in [6.07, 6.45) is 4.49. The average molecular weight is 249 g/mol. The van der Waals surface area contributed by atoms with Crippen LogP contribution in [0, 0.1) is 5.92 Å². The third-order valence-corrected chi connectivity index (χ3v) is 3.12. The number of hydrogen-bond acceptors (Lipinski definition) is 2. The molecule has 0 aromatic carbocycles. The number of rotatable bonds is 5. The Morgan fingerprint density at radius 3 is 2.69 bits per heavy atom. The van der Waals surface area contributed by atoms with Crippen LogP contribution in [0.1, 0.15) is 39.5 Å². The average Bonchev–Trinajstić information content (AvgIpc) is 2.31. The van der Waals surface area contributed by atoms with Gasteiger partial charge in [-0.15, -0.1) is 12.4 Å². The van der Waals surface area contributed by atoms with E-state index in [0.29, 0.717) is 5.91 Å². The third kappa shape index (κ3) is 4.71. The number of halogens is 1. The van der Waals surface area contributed by atoms with Crippen molar-refractivity contribution in [2.75, 3.05) is 26.2 Å². The van der Waals surface area contributed by atoms with Gasteiger partial charge in [-0.3, -0.25) is 4.79 Å². The number of hydrogen-bond donors (Lipinski definition) is 1. The summed E-state index contributed by atoms with van der Waals surface area (Å²) in [6, 6.07) is 0. The topological polar surface area (TPSA) is 32.3 Å². The molecule has 0 spiro atoms. The number of piperidine rings is 1. The Hall–Kier alpha value is -0.280. The van der Waals surface area contributed by atoms with Gasteiger partial charge in [0.15, 0.2) is 0 Å². The van der Waals surface area contributed by atoms with Crippen LogP contribution < -0.4 is 5.32 Å². The molecule has 1 atom stereocenters. The fraction of sp³-hybridized carbons (Fsp3) is 0.917. The van der Waals surface area contributed by atoms with Crippen molar-refractivity contribution >= 4 is 18.3 Å². The van der Waals surface area contributed by atoms with Crippen LogP contribution >= 0.6 is 12.4 Å². The Kier molecular flexibility index (Phi) is 8.67. The molecule has 1 fully saturated rings. The SMILES string of the molecule is CCCCN(CC)C(=O)C1CCCNC1.Cl. The van der Waals surface area contributed by atoms with Gasteiger partial charge in [0, 0.05) is 19.6 Å². The Bertz CT molecular complexity index is 193. The zero-order valence-electron chi connectivity index (χ0n) is 10.5. The first kappa shape index (κ1) is 15.7. The Morgan fingerprint density at radius 1 is 1.44 bits per heavy atom. The van der Waals surface area contributed by atoms with Gasteiger partial charge in [-0.05, 0) is 32.7 Å². The Balaban J connectivity index is 0.00000225. The van der Waals surface area contributed by atoms with Gasteiger partial charge in [0.2, 0.25) is 5.91 Å². The Labute approximate surface area is 105 Å². The van der Waals surface area contributed by atoms with Crippen molar-refractivity contribution < 1.29 is 4.79 Å². The molecule has 1 heterocycles. The fourth-order valence-electron chi connectivity index (χ4n) is 2.09. The maximum atomic E-state index is 12.1. The molecule has 3 nitrogen and oxygen atoms in total. The van der Waals surface area contributed by atoms with Crippen molar-refractivity contribution in [3.8, 4) is 0 Å². The zero-order chi connectivity index (χ0) is 11.1. The van der Waals surface area contributed by atoms with Crippen LogP contribution in [0.2, 0.25) is 0 Å². The molecule has 96 valence electrons. The van der Waals surface area contributed by atoms with E-state index in [1.54, 1.807) is 0 Å². The predicted molar refractivity (Wildman–Crippen MR) is 70.0 cm³/mol. The lowest BCUT2D eigenvalue weighted by Gasteiger charge is -2.28. The molecule has 0 radical (unpaired) electrons. The summed E-state index contributed by atoms with van der Waals surface area (Å²) in [5, 5.41) is 3.30. The number of nitrogens with zero attached hydrogens (tertiary/aromatic N) is 1. The molecule has 0 bridgehead atoms. The van der Waals surface area contributed by atoms with Crippen LogP contribution in [0.4, 0.5) is 0 Å². The molecule has 1 amide bonds. The van der Waals surface area contributed by atoms with E-state index in [1.165, 1.54) is 0 Å². The normalized spacial score (nSPS) is 20.0. The molecule has 1 aliphatic heterocycles. The molecule has 1 unspecified atom stereocenters. The lowest BCUT2D eigenvalue weighted by molar-refractivity contribution is -0.135. The van der Waals surface area contributed by atoms with Crippen molar-refractivity contribution in [1.82, 2.24) is 10.2 Å². The minimum atomic E-state index is 0. The molecule has 0 aromatic rings. The molecule has 0 aromatic heterocycles. The van der Waals surface area contributed by atoms with E-state index in [9.17, 15) is 4.79 Å². The number of nitrogens with one attached hydrogen (secondary N) is 1. The Morgan fingerprint density at radius 2 is 2.19 bits per heavy atom. The highest BCUT2D eigenvalue weighted by atomic mass is 35.5. The summed E-state index contributed by atoms with van der Waals surface area (Å²) < 4.78 is 0. The lowest BCUT2D eigenvalue weighted by atomic mass is 9.98. The molecule has 1 aliphatic rings. The highest BCUT2D eigenvalue weighted by Gasteiger charge is 2.24. The fourth-order valence-corrected chi connectivity index (χ4v) is 2.09. The first-order valence-electron chi connectivity index (χ1n) is 6.29. The summed E-state index contributed by atoms with van der Waals surface area (Å²) in [6.45, 7) is 7.98. The molecule has 4 heteroatoms. The second kappa shape index (κ2) is 8.82. The molecule has 0 saturated carbocycles. The van der Waals surface area contributed by atoms with Gasteiger partial charge < -0.3 is 10.2 Å². The van der Waals surface area contributed by atoms with Crippen molar-refractivity contribution in [1.29, 1.82) is 0 Å². The first-order valence-corrected chi connectivity index (χ1v) is 6.29. The number of carbonyl (C=O) groups is 1. The van der Waals surface area contributed by atoms with E-state index < -0.39 is 0 Å². The summed E-state index contributed by atoms with van der Waals surface area (Å²) in [5.41, 5.74) is 0. The third-order valence-electron chi connectivity index (χ3n) is 3.12. The molecule has 1 N–H and O–H groups in total. The second-order valence-electron chi connectivity index (χ2n) is 4.31. The smallest absolute Gasteiger partial charge is 0.226 e. The van der Waals surface area contributed by atoms with Crippen LogP contribution in [-0.2, 0) is 4.79 Å². The monoisotopic (exact) mass is 248 g/mol. The molecular weight excluding hydrogens is 224 g/mol. The summed E-state index contributed by atoms with van der Waals surface area (Å²) in [5.74, 6) is 0.591. The van der Waals surface area contributed by atoms with Crippen LogP contribution in [-0.4, -0.2) is 37.0 Å². The van der Waals surface area contributed by atoms with Gasteiger partial charge in [-0.1, -0.05) is 13.3 Å². The predicted octanol–water partition coefficient (Wildman–Crippen LogP) is 2.06. The van der Waals surface area contributed by atoms with Crippen molar-refractivity contribution in [3.05, 3.63) is 0 Å². The molecule has 1 rings (SSSR count). The summed E-state index contributed by atoms with van der Waals surface area (Å²) in [4.78, 5) is 14.1. The van der Waals surface area contributed by atoms with Gasteiger partial charge in [-0.25, -0.2) is 0 Å². The van der Waals surface area contributed by atoms with Gasteiger partial charge >= 0.3 is 0 Å². The van der Waals surface area contributed by atoms with E-state index in [1.807, 2.05) is 4.90 Å². The second-order valence-corrected chi connectivity index (χ2v) is 4.31. The van der Waals surface area contributed by atoms with Crippen LogP contribution in [0.5, 0.6) is 0 Å². The van der Waals surface area contributed by atoms with E-state index in [-0.39, 0.29) is 18.3 Å². The van der Waals surface area contributed by atoms with Crippen molar-refractivity contribution in [2.45, 2.75) is 39.5 Å². The number of carbonyl (C=O) groups excluding carboxylic acids is 1. The van der Waals surface area contributed by atoms with Crippen LogP contribution in [0.15, 0.2) is 0 Å². The van der Waals surface area contributed by atoms with Gasteiger partial charge in [0.1, 0.15) is 0 Å². The first-order chi connectivity index (χ1) is 7.29. The highest BCUT2D eigenvalue weighted by Crippen LogP contribution is 2.13. The highest BCUT2D eigenvalue weighted by molar-refractivity contribution is 5.85. The minimum Gasteiger partial charge on any atom is -0.343 e. The van der Waals surface area contributed by atoms with E-state index >= 15 is 0 Å². The van der Waals surface area contributed by atoms with Gasteiger partial charge in [0.25, 0.3) is 0 Å². The zero-order valence-corrected chi connectivity index (χ0v) is 11.3. The largest absolute Gasteiger partial charge is 0.343 e. The lowest BCUT2D eigenvalue weighted by Crippen LogP contribution is -2.43. The van der Waals surface area contributed by atoms with Gasteiger partial charge in [-0.2, -0.15) is 0 Å². The van der Waals surface area contributed by atoms with Gasteiger partial charge in [0.05, 0.1) is 5.92 Å². The van der Waals surface area contributed by atoms with Crippen LogP contribution in [0.25, 0.3) is 0 Å². The maximum Gasteiger partial charge on any atom is 0.226 e.